The highest BCUT2D eigenvalue weighted by atomic mass is 32.1. The van der Waals surface area contributed by atoms with Crippen LogP contribution in [0.4, 0.5) is 19.0 Å². The maximum atomic E-state index is 12.9. The number of aromatic nitrogens is 6. The van der Waals surface area contributed by atoms with E-state index in [-0.39, 0.29) is 29.1 Å². The normalized spacial score (nSPS) is 11.7. The predicted octanol–water partition coefficient (Wildman–Crippen LogP) is 1.97. The van der Waals surface area contributed by atoms with Crippen LogP contribution in [0.1, 0.15) is 18.2 Å². The van der Waals surface area contributed by atoms with Crippen LogP contribution in [-0.2, 0) is 35.9 Å². The van der Waals surface area contributed by atoms with Crippen LogP contribution in [0.5, 0.6) is 0 Å². The summed E-state index contributed by atoms with van der Waals surface area (Å²) in [6.07, 6.45) is -2.27. The molecule has 0 saturated carbocycles. The van der Waals surface area contributed by atoms with Crippen molar-refractivity contribution < 1.29 is 22.8 Å². The average molecular weight is 521 g/mol. The second-order valence-electron chi connectivity index (χ2n) is 7.95. The first-order valence-corrected chi connectivity index (χ1v) is 11.2. The topological polar surface area (TPSA) is 134 Å². The summed E-state index contributed by atoms with van der Waals surface area (Å²) in [6.45, 7) is 1.77. The van der Waals surface area contributed by atoms with E-state index in [0.29, 0.717) is 10.6 Å². The van der Waals surface area contributed by atoms with Gasteiger partial charge < -0.3 is 9.88 Å². The van der Waals surface area contributed by atoms with Gasteiger partial charge in [0.25, 0.3) is 5.56 Å². The third kappa shape index (κ3) is 4.68. The molecule has 0 aliphatic heterocycles. The number of carbonyl (C=O) groups is 2. The van der Waals surface area contributed by atoms with Gasteiger partial charge in [-0.15, -0.1) is 11.3 Å². The van der Waals surface area contributed by atoms with E-state index in [1.807, 2.05) is 0 Å². The number of pyridine rings is 1. The Kier molecular flexibility index (Phi) is 6.34. The second kappa shape index (κ2) is 9.14. The molecule has 36 heavy (non-hydrogen) atoms. The van der Waals surface area contributed by atoms with Crippen molar-refractivity contribution in [2.24, 2.45) is 7.05 Å². The van der Waals surface area contributed by atoms with E-state index in [1.165, 1.54) is 43.2 Å². The molecule has 0 aromatic carbocycles. The van der Waals surface area contributed by atoms with Crippen LogP contribution in [0, 0.1) is 6.92 Å². The maximum Gasteiger partial charge on any atom is 0.433 e. The number of ketones is 1. The number of hydrogen-bond donors (Lipinski definition) is 1. The van der Waals surface area contributed by atoms with Crippen molar-refractivity contribution in [1.82, 2.24) is 28.7 Å². The number of amides is 1. The Labute approximate surface area is 203 Å². The van der Waals surface area contributed by atoms with Gasteiger partial charge in [0.05, 0.1) is 12.9 Å². The fourth-order valence-corrected chi connectivity index (χ4v) is 4.33. The number of imidazole rings is 1. The highest BCUT2D eigenvalue weighted by Crippen LogP contribution is 2.33. The first-order valence-electron chi connectivity index (χ1n) is 10.3. The Balaban J connectivity index is 1.56. The molecule has 15 heteroatoms. The lowest BCUT2D eigenvalue weighted by molar-refractivity contribution is -0.141. The van der Waals surface area contributed by atoms with Gasteiger partial charge in [-0.25, -0.2) is 14.8 Å². The van der Waals surface area contributed by atoms with Gasteiger partial charge in [-0.3, -0.25) is 28.5 Å². The number of thiazole rings is 1. The summed E-state index contributed by atoms with van der Waals surface area (Å²) in [4.78, 5) is 61.1. The quantitative estimate of drug-likeness (QED) is 0.410. The van der Waals surface area contributed by atoms with Crippen molar-refractivity contribution in [3.8, 4) is 10.6 Å². The molecule has 4 rings (SSSR count). The Morgan fingerprint density at radius 1 is 1.17 bits per heavy atom. The Hall–Kier alpha value is -4.14. The second-order valence-corrected chi connectivity index (χ2v) is 8.81. The number of carbonyl (C=O) groups excluding carboxylic acids is 2. The Bertz CT molecular complexity index is 1630. The van der Waals surface area contributed by atoms with Gasteiger partial charge >= 0.3 is 11.9 Å². The summed E-state index contributed by atoms with van der Waals surface area (Å²) in [5.74, 6) is -0.808. The summed E-state index contributed by atoms with van der Waals surface area (Å²) in [7, 11) is 1.40. The molecule has 0 spiro atoms. The highest BCUT2D eigenvalue weighted by molar-refractivity contribution is 7.13. The van der Waals surface area contributed by atoms with Gasteiger partial charge in [0.1, 0.15) is 28.8 Å². The zero-order valence-corrected chi connectivity index (χ0v) is 19.9. The van der Waals surface area contributed by atoms with Crippen molar-refractivity contribution in [3.63, 3.8) is 0 Å². The average Bonchev–Trinajstić information content (AvgIpc) is 3.41. The number of Topliss-reactive ketones (excluding diaryl/α,β-unsaturated/α-hetero) is 1. The van der Waals surface area contributed by atoms with Crippen LogP contribution in [0.25, 0.3) is 21.7 Å². The lowest BCUT2D eigenvalue weighted by atomic mass is 10.1. The van der Waals surface area contributed by atoms with Crippen molar-refractivity contribution in [2.75, 3.05) is 5.32 Å². The fraction of sp³-hybridized carbons (Fsp3) is 0.286. The molecule has 0 unspecified atom stereocenters. The van der Waals surface area contributed by atoms with Crippen LogP contribution in [0.15, 0.2) is 33.6 Å². The van der Waals surface area contributed by atoms with E-state index in [0.717, 1.165) is 26.7 Å². The minimum Gasteiger partial charge on any atom is -0.315 e. The predicted molar refractivity (Wildman–Crippen MR) is 124 cm³/mol. The summed E-state index contributed by atoms with van der Waals surface area (Å²) in [5, 5.41) is 4.42. The van der Waals surface area contributed by atoms with E-state index in [1.54, 1.807) is 0 Å². The van der Waals surface area contributed by atoms with Gasteiger partial charge in [-0.05, 0) is 25.5 Å². The molecule has 0 bridgehead atoms. The van der Waals surface area contributed by atoms with Crippen LogP contribution in [0.3, 0.4) is 0 Å². The summed E-state index contributed by atoms with van der Waals surface area (Å²) >= 11 is 1.10. The number of hydrogen-bond acceptors (Lipinski definition) is 8. The monoisotopic (exact) mass is 521 g/mol. The molecule has 4 aromatic rings. The molecule has 0 fully saturated rings. The molecule has 0 aliphatic rings. The number of fused-ring (bicyclic) bond motifs is 1. The zero-order valence-electron chi connectivity index (χ0n) is 19.1. The van der Waals surface area contributed by atoms with Gasteiger partial charge in [-0.2, -0.15) is 13.2 Å². The molecule has 11 nitrogen and oxygen atoms in total. The SMILES string of the molecule is CC(=O)Cn1c(=O)c2c(ncn2CC(=O)Nc2csc(-c3cnc(C(F)(F)F)c(C)c3)n2)n(C)c1=O. The summed E-state index contributed by atoms with van der Waals surface area (Å²) < 4.78 is 42.0. The highest BCUT2D eigenvalue weighted by Gasteiger charge is 2.34. The van der Waals surface area contributed by atoms with Crippen molar-refractivity contribution in [2.45, 2.75) is 33.1 Å². The number of anilines is 1. The molecule has 1 amide bonds. The first-order chi connectivity index (χ1) is 16.9. The molecule has 0 saturated heterocycles. The smallest absolute Gasteiger partial charge is 0.315 e. The number of rotatable bonds is 6. The van der Waals surface area contributed by atoms with Gasteiger partial charge in [0, 0.05) is 24.2 Å². The Morgan fingerprint density at radius 2 is 1.89 bits per heavy atom. The lowest BCUT2D eigenvalue weighted by Gasteiger charge is -2.09. The first kappa shape index (κ1) is 25.0. The van der Waals surface area contributed by atoms with E-state index < -0.39 is 41.4 Å². The van der Waals surface area contributed by atoms with Crippen LogP contribution < -0.4 is 16.6 Å². The number of alkyl halides is 3. The fourth-order valence-electron chi connectivity index (χ4n) is 3.59. The summed E-state index contributed by atoms with van der Waals surface area (Å²) in [5.41, 5.74) is -2.12. The van der Waals surface area contributed by atoms with E-state index in [9.17, 15) is 32.3 Å². The molecule has 188 valence electrons. The van der Waals surface area contributed by atoms with Crippen LogP contribution in [0.2, 0.25) is 0 Å². The lowest BCUT2D eigenvalue weighted by Crippen LogP contribution is -2.41. The van der Waals surface area contributed by atoms with E-state index >= 15 is 0 Å². The maximum absolute atomic E-state index is 12.9. The van der Waals surface area contributed by atoms with Gasteiger partial charge in [0.15, 0.2) is 11.2 Å². The molecular formula is C21H18F3N7O4S. The van der Waals surface area contributed by atoms with Crippen molar-refractivity contribution in [3.05, 3.63) is 56.1 Å². The number of nitrogens with zero attached hydrogens (tertiary/aromatic N) is 6. The molecular weight excluding hydrogens is 503 g/mol. The number of aryl methyl sites for hydroxylation is 2. The molecule has 1 N–H and O–H groups in total. The minimum atomic E-state index is -4.57. The molecule has 4 heterocycles. The molecule has 0 aliphatic carbocycles. The largest absolute Gasteiger partial charge is 0.433 e. The van der Waals surface area contributed by atoms with Gasteiger partial charge in [-0.1, -0.05) is 0 Å². The number of nitrogens with one attached hydrogen (secondary N) is 1. The van der Waals surface area contributed by atoms with Crippen molar-refractivity contribution in [1.29, 1.82) is 0 Å². The Morgan fingerprint density at radius 3 is 2.53 bits per heavy atom. The van der Waals surface area contributed by atoms with Gasteiger partial charge in [0.2, 0.25) is 5.91 Å². The molecule has 0 radical (unpaired) electrons. The molecule has 0 atom stereocenters. The minimum absolute atomic E-state index is 0.0289. The number of halogens is 3. The third-order valence-corrected chi connectivity index (χ3v) is 6.05. The van der Waals surface area contributed by atoms with E-state index in [2.05, 4.69) is 20.3 Å². The van der Waals surface area contributed by atoms with E-state index in [4.69, 9.17) is 0 Å². The van der Waals surface area contributed by atoms with Crippen molar-refractivity contribution >= 4 is 40.0 Å². The van der Waals surface area contributed by atoms with Crippen LogP contribution >= 0.6 is 11.3 Å². The zero-order chi connectivity index (χ0) is 26.4. The molecule has 4 aromatic heterocycles. The standard InChI is InChI=1S/C21H18F3N7O4S/c1-10-4-12(5-25-16(10)21(22,23)24)18-28-13(8-36-18)27-14(33)7-30-9-26-17-15(30)19(34)31(6-11(2)32)20(35)29(17)3/h4-5,8-9H,6-7H2,1-3H3,(H,27,33). The summed E-state index contributed by atoms with van der Waals surface area (Å²) in [6, 6.07) is 1.31. The van der Waals surface area contributed by atoms with Crippen LogP contribution in [-0.4, -0.2) is 40.3 Å². The third-order valence-electron chi connectivity index (χ3n) is 5.16.